The predicted octanol–water partition coefficient (Wildman–Crippen LogP) is 13.8. The smallest absolute Gasteiger partial charge is 0.159 e. The molecule has 0 N–H and O–H groups in total. The molecular weight excluding hydrogens is 607 g/mol. The average molecular weight is 638 g/mol. The van der Waals surface area contributed by atoms with Crippen LogP contribution in [0, 0.1) is 0 Å². The second-order valence-electron chi connectivity index (χ2n) is 12.9. The number of anilines is 3. The minimum atomic E-state index is 0.870. The van der Waals surface area contributed by atoms with E-state index in [1.807, 2.05) is 0 Å². The molecular formula is C48H31NO. The first kappa shape index (κ1) is 28.4. The zero-order valence-electron chi connectivity index (χ0n) is 27.3. The van der Waals surface area contributed by atoms with Crippen molar-refractivity contribution in [3.05, 3.63) is 188 Å². The Balaban J connectivity index is 1.14. The Bertz CT molecular complexity index is 2730. The van der Waals surface area contributed by atoms with Crippen LogP contribution in [0.25, 0.3) is 76.5 Å². The van der Waals surface area contributed by atoms with Gasteiger partial charge in [-0.25, -0.2) is 0 Å². The molecule has 10 rings (SSSR count). The van der Waals surface area contributed by atoms with E-state index in [0.717, 1.165) is 39.0 Å². The van der Waals surface area contributed by atoms with Gasteiger partial charge in [0.25, 0.3) is 0 Å². The molecule has 10 aromatic rings. The lowest BCUT2D eigenvalue weighted by molar-refractivity contribution is 0.669. The quantitative estimate of drug-likeness (QED) is 0.187. The molecule has 0 aliphatic heterocycles. The van der Waals surface area contributed by atoms with Crippen LogP contribution in [-0.4, -0.2) is 0 Å². The Labute approximate surface area is 290 Å². The number of nitrogens with zero attached hydrogens (tertiary/aromatic N) is 1. The molecule has 50 heavy (non-hydrogen) atoms. The second kappa shape index (κ2) is 11.5. The number of fused-ring (bicyclic) bond motifs is 6. The molecule has 234 valence electrons. The number of hydrogen-bond acceptors (Lipinski definition) is 2. The molecule has 0 spiro atoms. The molecule has 1 aromatic heterocycles. The zero-order valence-corrected chi connectivity index (χ0v) is 27.3. The Morgan fingerprint density at radius 3 is 1.38 bits per heavy atom. The number of benzene rings is 9. The van der Waals surface area contributed by atoms with Gasteiger partial charge >= 0.3 is 0 Å². The summed E-state index contributed by atoms with van der Waals surface area (Å²) in [5, 5.41) is 9.60. The van der Waals surface area contributed by atoms with Crippen molar-refractivity contribution in [2.24, 2.45) is 0 Å². The molecule has 0 fully saturated rings. The van der Waals surface area contributed by atoms with E-state index in [2.05, 4.69) is 193 Å². The molecule has 2 heteroatoms. The molecule has 0 bridgehead atoms. The van der Waals surface area contributed by atoms with Gasteiger partial charge in [-0.15, -0.1) is 0 Å². The van der Waals surface area contributed by atoms with E-state index in [4.69, 9.17) is 4.42 Å². The maximum atomic E-state index is 6.76. The summed E-state index contributed by atoms with van der Waals surface area (Å²) >= 11 is 0. The van der Waals surface area contributed by atoms with Gasteiger partial charge in [0.15, 0.2) is 5.58 Å². The number of hydrogen-bond donors (Lipinski definition) is 0. The van der Waals surface area contributed by atoms with E-state index in [1.165, 1.54) is 54.6 Å². The van der Waals surface area contributed by atoms with Gasteiger partial charge in [0, 0.05) is 22.1 Å². The zero-order chi connectivity index (χ0) is 33.0. The van der Waals surface area contributed by atoms with Gasteiger partial charge in [0.1, 0.15) is 5.58 Å². The summed E-state index contributed by atoms with van der Waals surface area (Å²) in [6, 6.07) is 67.4. The fraction of sp³-hybridized carbons (Fsp3) is 0. The normalized spacial score (nSPS) is 11.6. The third-order valence-electron chi connectivity index (χ3n) is 10.0. The first-order valence-electron chi connectivity index (χ1n) is 17.1. The Hall–Kier alpha value is -6.64. The molecule has 0 aliphatic carbocycles. The highest BCUT2D eigenvalue weighted by Crippen LogP contribution is 2.44. The second-order valence-corrected chi connectivity index (χ2v) is 12.9. The van der Waals surface area contributed by atoms with Crippen LogP contribution in [0.1, 0.15) is 0 Å². The topological polar surface area (TPSA) is 16.4 Å². The summed E-state index contributed by atoms with van der Waals surface area (Å²) in [5.41, 5.74) is 9.71. The van der Waals surface area contributed by atoms with Crippen LogP contribution >= 0.6 is 0 Å². The van der Waals surface area contributed by atoms with Gasteiger partial charge in [-0.1, -0.05) is 146 Å². The van der Waals surface area contributed by atoms with Crippen LogP contribution in [0.15, 0.2) is 192 Å². The third-order valence-corrected chi connectivity index (χ3v) is 10.0. The molecule has 0 atom stereocenters. The van der Waals surface area contributed by atoms with Crippen LogP contribution in [-0.2, 0) is 0 Å². The van der Waals surface area contributed by atoms with Crippen molar-refractivity contribution in [1.82, 2.24) is 0 Å². The lowest BCUT2D eigenvalue weighted by Gasteiger charge is -2.26. The van der Waals surface area contributed by atoms with E-state index in [-0.39, 0.29) is 0 Å². The van der Waals surface area contributed by atoms with E-state index in [9.17, 15) is 0 Å². The maximum absolute atomic E-state index is 6.76. The summed E-state index contributed by atoms with van der Waals surface area (Å²) in [7, 11) is 0. The number of para-hydroxylation sites is 1. The average Bonchev–Trinajstić information content (AvgIpc) is 3.55. The maximum Gasteiger partial charge on any atom is 0.159 e. The largest absolute Gasteiger partial charge is 0.454 e. The summed E-state index contributed by atoms with van der Waals surface area (Å²) in [4.78, 5) is 2.32. The lowest BCUT2D eigenvalue weighted by Crippen LogP contribution is -2.10. The molecule has 9 aromatic carbocycles. The fourth-order valence-corrected chi connectivity index (χ4v) is 7.61. The highest BCUT2D eigenvalue weighted by Gasteiger charge is 2.20. The fourth-order valence-electron chi connectivity index (χ4n) is 7.61. The van der Waals surface area contributed by atoms with E-state index < -0.39 is 0 Å². The Kier molecular flexibility index (Phi) is 6.53. The number of rotatable bonds is 5. The van der Waals surface area contributed by atoms with Crippen molar-refractivity contribution in [3.63, 3.8) is 0 Å². The van der Waals surface area contributed by atoms with Crippen molar-refractivity contribution < 1.29 is 4.42 Å². The Morgan fingerprint density at radius 2 is 0.800 bits per heavy atom. The minimum Gasteiger partial charge on any atom is -0.454 e. The van der Waals surface area contributed by atoms with E-state index in [1.54, 1.807) is 0 Å². The van der Waals surface area contributed by atoms with Crippen LogP contribution in [0.5, 0.6) is 0 Å². The lowest BCUT2D eigenvalue weighted by atomic mass is 9.97. The van der Waals surface area contributed by atoms with Crippen molar-refractivity contribution in [2.75, 3.05) is 4.90 Å². The van der Waals surface area contributed by atoms with Gasteiger partial charge in [0.2, 0.25) is 0 Å². The first-order valence-corrected chi connectivity index (χ1v) is 17.1. The Morgan fingerprint density at radius 1 is 0.340 bits per heavy atom. The van der Waals surface area contributed by atoms with Crippen LogP contribution in [0.4, 0.5) is 17.1 Å². The van der Waals surface area contributed by atoms with Gasteiger partial charge in [-0.05, 0) is 97.0 Å². The van der Waals surface area contributed by atoms with Crippen LogP contribution in [0.2, 0.25) is 0 Å². The summed E-state index contributed by atoms with van der Waals surface area (Å²) in [6.07, 6.45) is 0. The molecule has 0 saturated carbocycles. The van der Waals surface area contributed by atoms with Gasteiger partial charge in [-0.3, -0.25) is 0 Å². The summed E-state index contributed by atoms with van der Waals surface area (Å²) in [5.74, 6) is 0. The standard InChI is InChI=1S/C48H31NO/c1-2-13-37-31-47-45(30-36(37)12-1)44-20-9-21-46(48(44)50-47)49(38-26-22-34(23-27-38)42-18-7-14-32-10-3-5-16-40(32)42)39-28-24-35(25-29-39)43-19-8-15-33-11-4-6-17-41(33)43/h1-31H. The summed E-state index contributed by atoms with van der Waals surface area (Å²) in [6.45, 7) is 0. The van der Waals surface area contributed by atoms with E-state index in [0.29, 0.717) is 0 Å². The molecule has 1 heterocycles. The van der Waals surface area contributed by atoms with Gasteiger partial charge in [0.05, 0.1) is 5.69 Å². The molecule has 2 nitrogen and oxygen atoms in total. The van der Waals surface area contributed by atoms with Gasteiger partial charge < -0.3 is 9.32 Å². The van der Waals surface area contributed by atoms with Crippen molar-refractivity contribution in [1.29, 1.82) is 0 Å². The molecule has 0 saturated heterocycles. The predicted molar refractivity (Wildman–Crippen MR) is 212 cm³/mol. The minimum absolute atomic E-state index is 0.870. The highest BCUT2D eigenvalue weighted by molar-refractivity contribution is 6.14. The first-order chi connectivity index (χ1) is 24.8. The monoisotopic (exact) mass is 637 g/mol. The van der Waals surface area contributed by atoms with Crippen LogP contribution < -0.4 is 4.90 Å². The van der Waals surface area contributed by atoms with Gasteiger partial charge in [-0.2, -0.15) is 0 Å². The number of furan rings is 1. The van der Waals surface area contributed by atoms with Crippen molar-refractivity contribution in [3.8, 4) is 22.3 Å². The van der Waals surface area contributed by atoms with Crippen LogP contribution in [0.3, 0.4) is 0 Å². The molecule has 0 radical (unpaired) electrons. The molecule has 0 aliphatic rings. The van der Waals surface area contributed by atoms with Crippen molar-refractivity contribution >= 4 is 71.3 Å². The highest BCUT2D eigenvalue weighted by atomic mass is 16.3. The third kappa shape index (κ3) is 4.65. The molecule has 0 amide bonds. The van der Waals surface area contributed by atoms with E-state index >= 15 is 0 Å². The SMILES string of the molecule is c1ccc2cc3c(cc2c1)oc1c(N(c2ccc(-c4cccc5ccccc45)cc2)c2ccc(-c4cccc5ccccc45)cc2)cccc13. The summed E-state index contributed by atoms with van der Waals surface area (Å²) < 4.78 is 6.76. The molecule has 0 unspecified atom stereocenters. The van der Waals surface area contributed by atoms with Crippen molar-refractivity contribution in [2.45, 2.75) is 0 Å².